The number of ether oxygens (including phenoxy) is 3. The van der Waals surface area contributed by atoms with E-state index in [0.29, 0.717) is 26.4 Å². The van der Waals surface area contributed by atoms with Crippen LogP contribution in [0, 0.1) is 0 Å². The standard InChI is InChI=1S/C12H24N2O4/c1-12(2,3)18-11(15)14-5-6-17-8-10(14)9(13)7-16-4/h9-10H,5-8,13H2,1-4H3. The summed E-state index contributed by atoms with van der Waals surface area (Å²) in [6.07, 6.45) is -0.345. The summed E-state index contributed by atoms with van der Waals surface area (Å²) < 4.78 is 15.8. The van der Waals surface area contributed by atoms with Crippen LogP contribution in [0.25, 0.3) is 0 Å². The fraction of sp³-hybridized carbons (Fsp3) is 0.917. The maximum Gasteiger partial charge on any atom is 0.410 e. The Hall–Kier alpha value is -0.850. The molecule has 0 saturated carbocycles. The van der Waals surface area contributed by atoms with Gasteiger partial charge in [-0.15, -0.1) is 0 Å². The molecule has 0 spiro atoms. The monoisotopic (exact) mass is 260 g/mol. The topological polar surface area (TPSA) is 74.0 Å². The molecule has 0 aliphatic carbocycles. The smallest absolute Gasteiger partial charge is 0.410 e. The van der Waals surface area contributed by atoms with Crippen molar-refractivity contribution in [2.45, 2.75) is 38.5 Å². The molecular formula is C12H24N2O4. The van der Waals surface area contributed by atoms with E-state index in [4.69, 9.17) is 19.9 Å². The van der Waals surface area contributed by atoms with Crippen molar-refractivity contribution >= 4 is 6.09 Å². The molecular weight excluding hydrogens is 236 g/mol. The van der Waals surface area contributed by atoms with Crippen molar-refractivity contribution in [3.63, 3.8) is 0 Å². The lowest BCUT2D eigenvalue weighted by Gasteiger charge is -2.39. The van der Waals surface area contributed by atoms with E-state index in [1.54, 1.807) is 12.0 Å². The minimum absolute atomic E-state index is 0.200. The van der Waals surface area contributed by atoms with Gasteiger partial charge in [0.1, 0.15) is 5.60 Å². The van der Waals surface area contributed by atoms with Gasteiger partial charge < -0.3 is 19.9 Å². The van der Waals surface area contributed by atoms with Crippen LogP contribution in [0.1, 0.15) is 20.8 Å². The Morgan fingerprint density at radius 3 is 2.78 bits per heavy atom. The average Bonchev–Trinajstić information content (AvgIpc) is 2.27. The lowest BCUT2D eigenvalue weighted by atomic mass is 10.1. The molecule has 2 N–H and O–H groups in total. The molecule has 2 unspecified atom stereocenters. The number of methoxy groups -OCH3 is 1. The maximum absolute atomic E-state index is 12.1. The van der Waals surface area contributed by atoms with E-state index in [0.717, 1.165) is 0 Å². The van der Waals surface area contributed by atoms with E-state index in [2.05, 4.69) is 0 Å². The summed E-state index contributed by atoms with van der Waals surface area (Å²) in [7, 11) is 1.58. The first-order valence-corrected chi connectivity index (χ1v) is 6.17. The highest BCUT2D eigenvalue weighted by Gasteiger charge is 2.34. The number of nitrogens with two attached hydrogens (primary N) is 1. The molecule has 1 amide bonds. The number of hydrogen-bond acceptors (Lipinski definition) is 5. The molecule has 2 atom stereocenters. The van der Waals surface area contributed by atoms with Crippen LogP contribution in [0.4, 0.5) is 4.79 Å². The summed E-state index contributed by atoms with van der Waals surface area (Å²) in [5, 5.41) is 0. The van der Waals surface area contributed by atoms with Crippen molar-refractivity contribution in [1.82, 2.24) is 4.90 Å². The zero-order chi connectivity index (χ0) is 13.8. The molecule has 0 aromatic heterocycles. The molecule has 1 heterocycles. The minimum atomic E-state index is -0.509. The molecule has 6 nitrogen and oxygen atoms in total. The molecule has 0 aromatic rings. The Balaban J connectivity index is 2.67. The fourth-order valence-electron chi connectivity index (χ4n) is 1.83. The van der Waals surface area contributed by atoms with Crippen LogP contribution >= 0.6 is 0 Å². The highest BCUT2D eigenvalue weighted by Crippen LogP contribution is 2.16. The lowest BCUT2D eigenvalue weighted by molar-refractivity contribution is -0.0433. The number of rotatable bonds is 3. The molecule has 6 heteroatoms. The van der Waals surface area contributed by atoms with Gasteiger partial charge in [0.05, 0.1) is 31.9 Å². The first-order valence-electron chi connectivity index (χ1n) is 6.17. The third-order valence-corrected chi connectivity index (χ3v) is 2.65. The third-order valence-electron chi connectivity index (χ3n) is 2.65. The van der Waals surface area contributed by atoms with Crippen LogP contribution in [0.5, 0.6) is 0 Å². The highest BCUT2D eigenvalue weighted by atomic mass is 16.6. The molecule has 18 heavy (non-hydrogen) atoms. The molecule has 1 aliphatic rings. The Bertz CT molecular complexity index is 278. The van der Waals surface area contributed by atoms with Gasteiger partial charge in [0, 0.05) is 13.7 Å². The normalized spacial score (nSPS) is 22.7. The van der Waals surface area contributed by atoms with Gasteiger partial charge in [-0.05, 0) is 20.8 Å². The van der Waals surface area contributed by atoms with Crippen LogP contribution in [0.2, 0.25) is 0 Å². The fourth-order valence-corrected chi connectivity index (χ4v) is 1.83. The molecule has 106 valence electrons. The number of carbonyl (C=O) groups is 1. The zero-order valence-electron chi connectivity index (χ0n) is 11.6. The molecule has 0 aromatic carbocycles. The molecule has 0 bridgehead atoms. The minimum Gasteiger partial charge on any atom is -0.444 e. The first-order chi connectivity index (χ1) is 8.35. The second kappa shape index (κ2) is 6.36. The summed E-state index contributed by atoms with van der Waals surface area (Å²) in [6.45, 7) is 7.34. The van der Waals surface area contributed by atoms with Gasteiger partial charge >= 0.3 is 6.09 Å². The van der Waals surface area contributed by atoms with Crippen LogP contribution in [-0.2, 0) is 14.2 Å². The van der Waals surface area contributed by atoms with Crippen molar-refractivity contribution in [3.8, 4) is 0 Å². The van der Waals surface area contributed by atoms with E-state index in [1.807, 2.05) is 20.8 Å². The SMILES string of the molecule is COCC(N)C1COCCN1C(=O)OC(C)(C)C. The second-order valence-electron chi connectivity index (χ2n) is 5.44. The molecule has 1 saturated heterocycles. The highest BCUT2D eigenvalue weighted by molar-refractivity contribution is 5.68. The largest absolute Gasteiger partial charge is 0.444 e. The van der Waals surface area contributed by atoms with Crippen molar-refractivity contribution in [1.29, 1.82) is 0 Å². The van der Waals surface area contributed by atoms with Gasteiger partial charge in [-0.3, -0.25) is 4.90 Å². The van der Waals surface area contributed by atoms with Crippen molar-refractivity contribution in [3.05, 3.63) is 0 Å². The first kappa shape index (κ1) is 15.2. The lowest BCUT2D eigenvalue weighted by Crippen LogP contribution is -2.58. The van der Waals surface area contributed by atoms with Crippen molar-refractivity contribution in [2.24, 2.45) is 5.73 Å². The maximum atomic E-state index is 12.1. The van der Waals surface area contributed by atoms with Crippen molar-refractivity contribution in [2.75, 3.05) is 33.5 Å². The predicted molar refractivity (Wildman–Crippen MR) is 67.4 cm³/mol. The van der Waals surface area contributed by atoms with E-state index in [-0.39, 0.29) is 18.2 Å². The predicted octanol–water partition coefficient (Wildman–Crippen LogP) is 0.596. The van der Waals surface area contributed by atoms with E-state index in [1.165, 1.54) is 0 Å². The Labute approximate surface area is 108 Å². The van der Waals surface area contributed by atoms with E-state index in [9.17, 15) is 4.79 Å². The van der Waals surface area contributed by atoms with Gasteiger partial charge in [-0.1, -0.05) is 0 Å². The summed E-state index contributed by atoms with van der Waals surface area (Å²) in [6, 6.07) is -0.476. The number of amides is 1. The summed E-state index contributed by atoms with van der Waals surface area (Å²) in [5.41, 5.74) is 5.49. The Morgan fingerprint density at radius 1 is 1.56 bits per heavy atom. The van der Waals surface area contributed by atoms with Crippen LogP contribution in [-0.4, -0.2) is 62.2 Å². The summed E-state index contributed by atoms with van der Waals surface area (Å²) >= 11 is 0. The zero-order valence-corrected chi connectivity index (χ0v) is 11.6. The van der Waals surface area contributed by atoms with Gasteiger partial charge in [0.15, 0.2) is 0 Å². The van der Waals surface area contributed by atoms with Gasteiger partial charge in [-0.2, -0.15) is 0 Å². The van der Waals surface area contributed by atoms with Crippen LogP contribution in [0.3, 0.4) is 0 Å². The van der Waals surface area contributed by atoms with Gasteiger partial charge in [0.25, 0.3) is 0 Å². The second-order valence-corrected chi connectivity index (χ2v) is 5.44. The van der Waals surface area contributed by atoms with E-state index < -0.39 is 5.60 Å². The molecule has 1 aliphatic heterocycles. The third kappa shape index (κ3) is 4.44. The number of nitrogens with zero attached hydrogens (tertiary/aromatic N) is 1. The average molecular weight is 260 g/mol. The van der Waals surface area contributed by atoms with Gasteiger partial charge in [0.2, 0.25) is 0 Å². The summed E-state index contributed by atoms with van der Waals surface area (Å²) in [5.74, 6) is 0. The molecule has 1 rings (SSSR count). The Kier molecular flexibility index (Phi) is 5.37. The van der Waals surface area contributed by atoms with Crippen LogP contribution < -0.4 is 5.73 Å². The summed E-state index contributed by atoms with van der Waals surface area (Å²) in [4.78, 5) is 13.7. The Morgan fingerprint density at radius 2 is 2.22 bits per heavy atom. The molecule has 0 radical (unpaired) electrons. The number of morpholine rings is 1. The van der Waals surface area contributed by atoms with Crippen molar-refractivity contribution < 1.29 is 19.0 Å². The van der Waals surface area contributed by atoms with Gasteiger partial charge in [-0.25, -0.2) is 4.79 Å². The number of carbonyl (C=O) groups excluding carboxylic acids is 1. The molecule has 1 fully saturated rings. The van der Waals surface area contributed by atoms with E-state index >= 15 is 0 Å². The quantitative estimate of drug-likeness (QED) is 0.804. The van der Waals surface area contributed by atoms with Crippen LogP contribution in [0.15, 0.2) is 0 Å². The number of hydrogen-bond donors (Lipinski definition) is 1.